The second kappa shape index (κ2) is 6.08. The Morgan fingerprint density at radius 2 is 1.89 bits per heavy atom. The van der Waals surface area contributed by atoms with Crippen LogP contribution in [0.25, 0.3) is 11.0 Å². The molecular weight excluding hydrogens is 346 g/mol. The molecule has 3 aromatic rings. The molecule has 0 bridgehead atoms. The summed E-state index contributed by atoms with van der Waals surface area (Å²) >= 11 is 0. The molecule has 1 aromatic heterocycles. The number of hydrogen-bond acceptors (Lipinski definition) is 7. The molecule has 0 saturated heterocycles. The molecular formula is C19H19N5O3. The highest BCUT2D eigenvalue weighted by atomic mass is 16.5. The Kier molecular flexibility index (Phi) is 3.56. The molecule has 2 aliphatic rings. The number of guanidine groups is 1. The van der Waals surface area contributed by atoms with E-state index in [4.69, 9.17) is 19.9 Å². The highest BCUT2D eigenvalue weighted by molar-refractivity contribution is 5.95. The first-order valence-corrected chi connectivity index (χ1v) is 8.79. The van der Waals surface area contributed by atoms with Gasteiger partial charge in [-0.1, -0.05) is 12.1 Å². The van der Waals surface area contributed by atoms with E-state index in [1.807, 2.05) is 41.0 Å². The summed E-state index contributed by atoms with van der Waals surface area (Å²) in [6.45, 7) is 1.26. The lowest BCUT2D eigenvalue weighted by Gasteiger charge is -2.24. The Hall–Kier alpha value is -3.42. The summed E-state index contributed by atoms with van der Waals surface area (Å²) in [7, 11) is 1.64. The number of fused-ring (bicyclic) bond motifs is 4. The predicted octanol–water partition coefficient (Wildman–Crippen LogP) is 2.49. The first-order chi connectivity index (χ1) is 13.2. The standard InChI is InChI=1S/C19H19N5O3/c1-25-12-5-3-11(4-6-12)17-22-18(20)23-19-21-13-9-15-16(10-14(13)24(17)19)27-8-2-7-26-15/h3-6,9-10,17H,2,7-8H2,1H3,(H3,20,21,22,23)/t17-/m0/s1. The van der Waals surface area contributed by atoms with E-state index in [9.17, 15) is 0 Å². The molecule has 2 aromatic carbocycles. The lowest BCUT2D eigenvalue weighted by Crippen LogP contribution is -2.31. The van der Waals surface area contributed by atoms with Crippen LogP contribution in [0.4, 0.5) is 5.95 Å². The maximum atomic E-state index is 6.01. The zero-order valence-corrected chi connectivity index (χ0v) is 14.8. The van der Waals surface area contributed by atoms with Crippen LogP contribution in [0, 0.1) is 0 Å². The van der Waals surface area contributed by atoms with Crippen molar-refractivity contribution < 1.29 is 14.2 Å². The number of aromatic nitrogens is 2. The first kappa shape index (κ1) is 15.8. The molecule has 8 heteroatoms. The van der Waals surface area contributed by atoms with Gasteiger partial charge in [-0.15, -0.1) is 0 Å². The van der Waals surface area contributed by atoms with Crippen LogP contribution in [0.1, 0.15) is 18.2 Å². The maximum Gasteiger partial charge on any atom is 0.212 e. The van der Waals surface area contributed by atoms with Crippen molar-refractivity contribution in [1.82, 2.24) is 9.55 Å². The number of imidazole rings is 1. The molecule has 5 rings (SSSR count). The van der Waals surface area contributed by atoms with Gasteiger partial charge in [-0.3, -0.25) is 9.88 Å². The molecule has 0 radical (unpaired) electrons. The van der Waals surface area contributed by atoms with Crippen LogP contribution in [0.3, 0.4) is 0 Å². The molecule has 0 fully saturated rings. The minimum atomic E-state index is -0.332. The van der Waals surface area contributed by atoms with Crippen LogP contribution >= 0.6 is 0 Å². The SMILES string of the molecule is COc1ccc([C@H]2N=C(N)Nc3nc4cc5c(cc4n32)OCCCO5)cc1. The fraction of sp³-hybridized carbons (Fsp3) is 0.263. The Balaban J connectivity index is 1.67. The molecule has 0 amide bonds. The van der Waals surface area contributed by atoms with Crippen molar-refractivity contribution in [1.29, 1.82) is 0 Å². The summed E-state index contributed by atoms with van der Waals surface area (Å²) < 4.78 is 18.9. The Labute approximate surface area is 155 Å². The van der Waals surface area contributed by atoms with Crippen LogP contribution in [0.2, 0.25) is 0 Å². The smallest absolute Gasteiger partial charge is 0.212 e. The molecule has 0 unspecified atom stereocenters. The Morgan fingerprint density at radius 1 is 1.15 bits per heavy atom. The number of nitrogens with zero attached hydrogens (tertiary/aromatic N) is 3. The summed E-state index contributed by atoms with van der Waals surface area (Å²) in [5.41, 5.74) is 8.69. The van der Waals surface area contributed by atoms with Crippen LogP contribution < -0.4 is 25.3 Å². The van der Waals surface area contributed by atoms with Crippen molar-refractivity contribution in [2.24, 2.45) is 10.7 Å². The van der Waals surface area contributed by atoms with Gasteiger partial charge in [0.05, 0.1) is 31.4 Å². The van der Waals surface area contributed by atoms with Gasteiger partial charge in [-0.2, -0.15) is 0 Å². The zero-order valence-electron chi connectivity index (χ0n) is 14.8. The number of benzene rings is 2. The minimum Gasteiger partial charge on any atom is -0.497 e. The van der Waals surface area contributed by atoms with E-state index in [1.165, 1.54) is 0 Å². The van der Waals surface area contributed by atoms with E-state index in [2.05, 4.69) is 15.3 Å². The number of ether oxygens (including phenoxy) is 3. The lowest BCUT2D eigenvalue weighted by molar-refractivity contribution is 0.297. The van der Waals surface area contributed by atoms with Gasteiger partial charge in [-0.25, -0.2) is 9.98 Å². The van der Waals surface area contributed by atoms with E-state index in [0.717, 1.165) is 34.5 Å². The summed E-state index contributed by atoms with van der Waals surface area (Å²) in [4.78, 5) is 9.28. The van der Waals surface area contributed by atoms with Crippen molar-refractivity contribution in [2.45, 2.75) is 12.6 Å². The van der Waals surface area contributed by atoms with Crippen molar-refractivity contribution >= 4 is 22.9 Å². The van der Waals surface area contributed by atoms with Gasteiger partial charge in [0.15, 0.2) is 23.6 Å². The molecule has 0 saturated carbocycles. The van der Waals surface area contributed by atoms with E-state index in [0.29, 0.717) is 30.9 Å². The van der Waals surface area contributed by atoms with Crippen molar-refractivity contribution in [3.8, 4) is 17.2 Å². The fourth-order valence-electron chi connectivity index (χ4n) is 3.42. The molecule has 2 aliphatic heterocycles. The van der Waals surface area contributed by atoms with Crippen molar-refractivity contribution in [3.63, 3.8) is 0 Å². The number of hydrogen-bond donors (Lipinski definition) is 2. The third kappa shape index (κ3) is 2.61. The average Bonchev–Trinajstić information content (AvgIpc) is 2.87. The third-order valence-corrected chi connectivity index (χ3v) is 4.72. The Bertz CT molecular complexity index is 1040. The summed E-state index contributed by atoms with van der Waals surface area (Å²) in [6, 6.07) is 11.6. The van der Waals surface area contributed by atoms with E-state index < -0.39 is 0 Å². The third-order valence-electron chi connectivity index (χ3n) is 4.72. The number of anilines is 1. The minimum absolute atomic E-state index is 0.327. The van der Waals surface area contributed by atoms with Gasteiger partial charge in [0.25, 0.3) is 0 Å². The number of nitrogens with two attached hydrogens (primary N) is 1. The van der Waals surface area contributed by atoms with Gasteiger partial charge in [0, 0.05) is 18.6 Å². The number of nitrogens with one attached hydrogen (secondary N) is 1. The molecule has 0 aliphatic carbocycles. The molecule has 3 N–H and O–H groups in total. The number of rotatable bonds is 2. The topological polar surface area (TPSA) is 95.9 Å². The quantitative estimate of drug-likeness (QED) is 0.724. The van der Waals surface area contributed by atoms with Gasteiger partial charge in [0.1, 0.15) is 5.75 Å². The normalized spacial score (nSPS) is 18.3. The second-order valence-corrected chi connectivity index (χ2v) is 6.43. The number of aliphatic imine (C=N–C) groups is 1. The monoisotopic (exact) mass is 365 g/mol. The molecule has 3 heterocycles. The van der Waals surface area contributed by atoms with E-state index in [-0.39, 0.29) is 6.17 Å². The summed E-state index contributed by atoms with van der Waals surface area (Å²) in [5, 5.41) is 3.05. The van der Waals surface area contributed by atoms with Gasteiger partial charge in [-0.05, 0) is 17.7 Å². The van der Waals surface area contributed by atoms with Crippen LogP contribution in [-0.4, -0.2) is 35.8 Å². The average molecular weight is 365 g/mol. The predicted molar refractivity (Wildman–Crippen MR) is 102 cm³/mol. The lowest BCUT2D eigenvalue weighted by atomic mass is 10.1. The van der Waals surface area contributed by atoms with Crippen LogP contribution in [-0.2, 0) is 0 Å². The molecule has 138 valence electrons. The van der Waals surface area contributed by atoms with Gasteiger partial charge >= 0.3 is 0 Å². The highest BCUT2D eigenvalue weighted by Gasteiger charge is 2.26. The van der Waals surface area contributed by atoms with Crippen molar-refractivity contribution in [3.05, 3.63) is 42.0 Å². The fourth-order valence-corrected chi connectivity index (χ4v) is 3.42. The molecule has 8 nitrogen and oxygen atoms in total. The van der Waals surface area contributed by atoms with E-state index in [1.54, 1.807) is 7.11 Å². The van der Waals surface area contributed by atoms with Gasteiger partial charge < -0.3 is 19.9 Å². The van der Waals surface area contributed by atoms with Crippen molar-refractivity contribution in [2.75, 3.05) is 25.6 Å². The first-order valence-electron chi connectivity index (χ1n) is 8.79. The van der Waals surface area contributed by atoms with E-state index >= 15 is 0 Å². The summed E-state index contributed by atoms with van der Waals surface area (Å²) in [5.74, 6) is 3.19. The van der Waals surface area contributed by atoms with Crippen LogP contribution in [0.5, 0.6) is 17.2 Å². The highest BCUT2D eigenvalue weighted by Crippen LogP contribution is 2.39. The second-order valence-electron chi connectivity index (χ2n) is 6.43. The largest absolute Gasteiger partial charge is 0.497 e. The summed E-state index contributed by atoms with van der Waals surface area (Å²) in [6.07, 6.45) is 0.524. The van der Waals surface area contributed by atoms with Gasteiger partial charge in [0.2, 0.25) is 5.95 Å². The maximum absolute atomic E-state index is 6.01. The molecule has 0 spiro atoms. The van der Waals surface area contributed by atoms with Crippen LogP contribution in [0.15, 0.2) is 41.4 Å². The molecule has 1 atom stereocenters. The Morgan fingerprint density at radius 3 is 2.63 bits per heavy atom. The molecule has 27 heavy (non-hydrogen) atoms. The zero-order chi connectivity index (χ0) is 18.4. The number of methoxy groups -OCH3 is 1.